The Morgan fingerprint density at radius 2 is 0.949 bits per heavy atom. The maximum atomic E-state index is 13.8. The highest BCUT2D eigenvalue weighted by Gasteiger charge is 2.98. The molecule has 0 radical (unpaired) electrons. The Bertz CT molecular complexity index is 791. The van der Waals surface area contributed by atoms with Crippen LogP contribution in [0.1, 0.15) is 12.8 Å². The van der Waals surface area contributed by atoms with E-state index in [1.807, 2.05) is 0 Å². The fourth-order valence-corrected chi connectivity index (χ4v) is 2.84. The van der Waals surface area contributed by atoms with Gasteiger partial charge in [0.15, 0.2) is 0 Å². The van der Waals surface area contributed by atoms with Crippen LogP contribution in [0.5, 0.6) is 0 Å². The summed E-state index contributed by atoms with van der Waals surface area (Å²) in [6.07, 6.45) is -22.2. The van der Waals surface area contributed by atoms with Crippen molar-refractivity contribution in [1.82, 2.24) is 10.2 Å². The number of hydrogen-bond acceptors (Lipinski definition) is 3. The van der Waals surface area contributed by atoms with Gasteiger partial charge < -0.3 is 15.3 Å². The molecule has 236 valence electrons. The Morgan fingerprint density at radius 1 is 0.590 bits per heavy atom. The zero-order valence-corrected chi connectivity index (χ0v) is 19.2. The number of aliphatic hydroxyl groups is 1. The van der Waals surface area contributed by atoms with E-state index in [1.165, 1.54) is 0 Å². The molecule has 0 amide bonds. The molecular weight excluding hydrogens is 609 g/mol. The van der Waals surface area contributed by atoms with Crippen LogP contribution in [-0.4, -0.2) is 103 Å². The van der Waals surface area contributed by atoms with Crippen molar-refractivity contribution in [2.45, 2.75) is 72.5 Å². The van der Waals surface area contributed by atoms with Gasteiger partial charge in [-0.3, -0.25) is 0 Å². The highest BCUT2D eigenvalue weighted by atomic mass is 19.4. The molecule has 0 aromatic heterocycles. The van der Waals surface area contributed by atoms with E-state index in [1.54, 1.807) is 19.0 Å². The molecule has 22 heteroatoms. The van der Waals surface area contributed by atoms with Crippen molar-refractivity contribution >= 4 is 0 Å². The van der Waals surface area contributed by atoms with Gasteiger partial charge in [0.25, 0.3) is 0 Å². The largest absolute Gasteiger partial charge is 0.438 e. The van der Waals surface area contributed by atoms with Gasteiger partial charge in [0, 0.05) is 13.0 Å². The summed E-state index contributed by atoms with van der Waals surface area (Å²) >= 11 is 0. The Hall–Kier alpha value is -1.45. The number of alkyl halides is 19. The molecule has 0 saturated heterocycles. The molecule has 0 aliphatic heterocycles. The van der Waals surface area contributed by atoms with E-state index in [-0.39, 0.29) is 13.0 Å². The Labute approximate surface area is 206 Å². The molecule has 1 unspecified atom stereocenters. The summed E-state index contributed by atoms with van der Waals surface area (Å²) in [6.45, 7) is -0.993. The van der Waals surface area contributed by atoms with Gasteiger partial charge in [-0.2, -0.15) is 79.0 Å². The number of rotatable bonds is 14. The van der Waals surface area contributed by atoms with Crippen molar-refractivity contribution in [3.63, 3.8) is 0 Å². The lowest BCUT2D eigenvalue weighted by Crippen LogP contribution is -2.77. The molecule has 0 aliphatic rings. The molecule has 0 spiro atoms. The van der Waals surface area contributed by atoms with E-state index >= 15 is 0 Å². The lowest BCUT2D eigenvalue weighted by atomic mass is 9.83. The topological polar surface area (TPSA) is 35.5 Å². The minimum atomic E-state index is -9.05. The summed E-state index contributed by atoms with van der Waals surface area (Å²) in [6, 6.07) is 0. The Morgan fingerprint density at radius 3 is 1.31 bits per heavy atom. The summed E-state index contributed by atoms with van der Waals surface area (Å²) in [7, 11) is 3.12. The predicted octanol–water partition coefficient (Wildman–Crippen LogP) is 5.92. The molecular formula is C17H19F19N2O. The van der Waals surface area contributed by atoms with Crippen molar-refractivity contribution in [2.75, 3.05) is 33.7 Å². The summed E-state index contributed by atoms with van der Waals surface area (Å²) in [5, 5.41) is 11.4. The van der Waals surface area contributed by atoms with Crippen molar-refractivity contribution in [3.05, 3.63) is 0 Å². The molecule has 0 aromatic rings. The van der Waals surface area contributed by atoms with Crippen molar-refractivity contribution < 1.29 is 88.5 Å². The Kier molecular flexibility index (Phi) is 10.7. The fraction of sp³-hybridized carbons (Fsp3) is 1.00. The number of halogens is 19. The monoisotopic (exact) mass is 628 g/mol. The lowest BCUT2D eigenvalue weighted by Gasteiger charge is -2.45. The number of nitrogens with one attached hydrogen (secondary N) is 1. The average Bonchev–Trinajstić information content (AvgIpc) is 2.69. The van der Waals surface area contributed by atoms with Gasteiger partial charge >= 0.3 is 53.6 Å². The Balaban J connectivity index is 6.39. The highest BCUT2D eigenvalue weighted by Crippen LogP contribution is 2.66. The zero-order valence-electron chi connectivity index (χ0n) is 19.2. The highest BCUT2D eigenvalue weighted by molar-refractivity contribution is 5.19. The zero-order chi connectivity index (χ0) is 31.9. The third kappa shape index (κ3) is 6.25. The normalized spacial score (nSPS) is 16.7. The van der Waals surface area contributed by atoms with E-state index in [9.17, 15) is 88.5 Å². The van der Waals surface area contributed by atoms with Crippen molar-refractivity contribution in [1.29, 1.82) is 0 Å². The average molecular weight is 628 g/mol. The maximum Gasteiger partial charge on any atom is 0.438 e. The second-order valence-corrected chi connectivity index (χ2v) is 8.45. The smallest absolute Gasteiger partial charge is 0.392 e. The van der Waals surface area contributed by atoms with E-state index in [2.05, 4.69) is 5.32 Å². The molecule has 3 nitrogen and oxygen atoms in total. The first-order chi connectivity index (χ1) is 16.8. The van der Waals surface area contributed by atoms with Crippen LogP contribution in [-0.2, 0) is 0 Å². The van der Waals surface area contributed by atoms with Gasteiger partial charge in [-0.15, -0.1) is 0 Å². The van der Waals surface area contributed by atoms with E-state index in [4.69, 9.17) is 0 Å². The summed E-state index contributed by atoms with van der Waals surface area (Å²) in [5.41, 5.74) is -8.76. The first kappa shape index (κ1) is 37.6. The molecule has 0 fully saturated rings. The van der Waals surface area contributed by atoms with Gasteiger partial charge in [0.05, 0.1) is 6.10 Å². The van der Waals surface area contributed by atoms with Gasteiger partial charge in [-0.05, 0) is 33.6 Å². The minimum absolute atomic E-state index is 0.157. The van der Waals surface area contributed by atoms with Gasteiger partial charge in [-0.25, -0.2) is 4.39 Å². The molecule has 0 aliphatic carbocycles. The fourth-order valence-electron chi connectivity index (χ4n) is 2.84. The van der Waals surface area contributed by atoms with Crippen LogP contribution in [0.4, 0.5) is 83.4 Å². The molecule has 39 heavy (non-hydrogen) atoms. The number of aliphatic hydroxyl groups excluding tert-OH is 1. The van der Waals surface area contributed by atoms with Crippen LogP contribution < -0.4 is 5.32 Å². The third-order valence-corrected chi connectivity index (χ3v) is 5.08. The summed E-state index contributed by atoms with van der Waals surface area (Å²) in [4.78, 5) is 1.57. The van der Waals surface area contributed by atoms with Crippen molar-refractivity contribution in [3.8, 4) is 0 Å². The van der Waals surface area contributed by atoms with E-state index < -0.39 is 72.6 Å². The SMILES string of the molecule is CN(C)CCCNCC(O)CC(F)(F)C(F)(F)C(F)(F)C(F)(F)C(F)(F)C(F)(F)C(F)(C(F)(F)F)C(F)(F)F. The first-order valence-electron chi connectivity index (χ1n) is 9.94. The summed E-state index contributed by atoms with van der Waals surface area (Å²) < 4.78 is 253. The van der Waals surface area contributed by atoms with Gasteiger partial charge in [0.1, 0.15) is 0 Å². The maximum absolute atomic E-state index is 13.8. The van der Waals surface area contributed by atoms with Crippen LogP contribution >= 0.6 is 0 Å². The minimum Gasteiger partial charge on any atom is -0.392 e. The molecule has 0 saturated carbocycles. The predicted molar refractivity (Wildman–Crippen MR) is 92.3 cm³/mol. The second kappa shape index (κ2) is 11.1. The molecule has 2 N–H and O–H groups in total. The van der Waals surface area contributed by atoms with Gasteiger partial charge in [-0.1, -0.05) is 0 Å². The second-order valence-electron chi connectivity index (χ2n) is 8.45. The quantitative estimate of drug-likeness (QED) is 0.185. The molecule has 1 atom stereocenters. The van der Waals surface area contributed by atoms with Crippen LogP contribution in [0, 0.1) is 0 Å². The number of hydrogen-bond donors (Lipinski definition) is 2. The van der Waals surface area contributed by atoms with Crippen molar-refractivity contribution in [2.24, 2.45) is 0 Å². The molecule has 0 rings (SSSR count). The number of nitrogens with zero attached hydrogens (tertiary/aromatic N) is 1. The van der Waals surface area contributed by atoms with E-state index in [0.717, 1.165) is 0 Å². The van der Waals surface area contributed by atoms with Crippen LogP contribution in [0.15, 0.2) is 0 Å². The van der Waals surface area contributed by atoms with Gasteiger partial charge in [0.2, 0.25) is 0 Å². The summed E-state index contributed by atoms with van der Waals surface area (Å²) in [5.74, 6) is -50.3. The van der Waals surface area contributed by atoms with Crippen LogP contribution in [0.25, 0.3) is 0 Å². The molecule has 0 bridgehead atoms. The van der Waals surface area contributed by atoms with E-state index in [0.29, 0.717) is 6.54 Å². The van der Waals surface area contributed by atoms with Crippen LogP contribution in [0.3, 0.4) is 0 Å². The molecule has 0 heterocycles. The first-order valence-corrected chi connectivity index (χ1v) is 9.94. The lowest BCUT2D eigenvalue weighted by molar-refractivity contribution is -0.472. The third-order valence-electron chi connectivity index (χ3n) is 5.08. The van der Waals surface area contributed by atoms with Crippen LogP contribution in [0.2, 0.25) is 0 Å². The standard InChI is InChI=1S/C17H19F19N2O/c1-38(2)5-3-4-37-7-8(39)6-9(18,19)11(21,22)13(25,26)15(29,30)14(27,28)12(23,24)10(20,16(31,32)33)17(34,35)36/h8,37,39H,3-7H2,1-2H3. The molecule has 0 aromatic carbocycles.